The lowest BCUT2D eigenvalue weighted by atomic mass is 9.73. The van der Waals surface area contributed by atoms with Gasteiger partial charge < -0.3 is 10.1 Å². The molecule has 0 aromatic heterocycles. The van der Waals surface area contributed by atoms with Crippen LogP contribution >= 0.6 is 0 Å². The number of halogens is 3. The molecule has 3 atom stereocenters. The van der Waals surface area contributed by atoms with Crippen LogP contribution in [0.3, 0.4) is 0 Å². The van der Waals surface area contributed by atoms with Gasteiger partial charge in [-0.1, -0.05) is 0 Å². The molecule has 0 radical (unpaired) electrons. The number of hydrogen-bond acceptors (Lipinski definition) is 4. The Labute approximate surface area is 197 Å². The third kappa shape index (κ3) is 5.07. The lowest BCUT2D eigenvalue weighted by Gasteiger charge is -2.48. The van der Waals surface area contributed by atoms with Crippen LogP contribution in [0.2, 0.25) is 0 Å². The van der Waals surface area contributed by atoms with Gasteiger partial charge in [0, 0.05) is 18.3 Å². The number of alkyl halides is 3. The van der Waals surface area contributed by atoms with Crippen molar-refractivity contribution in [2.45, 2.75) is 56.3 Å². The molecule has 1 amide bonds. The molecular formula is C24H27F3N2O4S. The Morgan fingerprint density at radius 3 is 2.26 bits per heavy atom. The molecule has 2 aliphatic heterocycles. The maximum Gasteiger partial charge on any atom is 0.416 e. The second-order valence-corrected chi connectivity index (χ2v) is 11.0. The molecule has 1 aliphatic carbocycles. The summed E-state index contributed by atoms with van der Waals surface area (Å²) < 4.78 is 72.1. The Morgan fingerprint density at radius 2 is 1.71 bits per heavy atom. The highest BCUT2D eigenvalue weighted by Gasteiger charge is 2.48. The van der Waals surface area contributed by atoms with Crippen LogP contribution < -0.4 is 10.1 Å². The highest BCUT2D eigenvalue weighted by molar-refractivity contribution is 7.89. The molecule has 1 N–H and O–H groups in total. The van der Waals surface area contributed by atoms with Crippen molar-refractivity contribution < 1.29 is 31.1 Å². The highest BCUT2D eigenvalue weighted by Crippen LogP contribution is 2.42. The first-order chi connectivity index (χ1) is 15.9. The van der Waals surface area contributed by atoms with Gasteiger partial charge >= 0.3 is 6.18 Å². The third-order valence-electron chi connectivity index (χ3n) is 6.35. The normalized spacial score (nSPS) is 23.2. The molecule has 0 unspecified atom stereocenters. The Balaban J connectivity index is 1.50. The summed E-state index contributed by atoms with van der Waals surface area (Å²) in [5.74, 6) is -0.104. The van der Waals surface area contributed by atoms with Crippen LogP contribution in [0.4, 0.5) is 18.9 Å². The van der Waals surface area contributed by atoms with Crippen molar-refractivity contribution in [3.05, 3.63) is 54.1 Å². The molecule has 3 fully saturated rings. The Hall–Kier alpha value is -2.59. The van der Waals surface area contributed by atoms with Gasteiger partial charge in [-0.2, -0.15) is 17.5 Å². The van der Waals surface area contributed by atoms with E-state index >= 15 is 0 Å². The summed E-state index contributed by atoms with van der Waals surface area (Å²) in [5, 5.41) is 2.87. The number of rotatable bonds is 6. The van der Waals surface area contributed by atoms with E-state index in [4.69, 9.17) is 4.74 Å². The van der Waals surface area contributed by atoms with E-state index < -0.39 is 33.7 Å². The zero-order chi connectivity index (χ0) is 24.7. The standard InChI is InChI=1S/C24H27F3N2O4S/c1-15(2)33-19-8-6-18(7-9-19)28-23(30)21-13-16-3-12-22(21)29(14-16)34(31,32)20-10-4-17(5-11-20)24(25,26)27/h4-11,15-16,21-22H,3,12-14H2,1-2H3,(H,28,30)/t16-,21+,22-/m0/s1. The molecule has 2 heterocycles. The molecule has 2 bridgehead atoms. The smallest absolute Gasteiger partial charge is 0.416 e. The number of hydrogen-bond donors (Lipinski definition) is 1. The summed E-state index contributed by atoms with van der Waals surface area (Å²) in [7, 11) is -4.04. The highest BCUT2D eigenvalue weighted by atomic mass is 32.2. The average molecular weight is 497 g/mol. The molecular weight excluding hydrogens is 469 g/mol. The number of anilines is 1. The Kier molecular flexibility index (Phi) is 6.65. The molecule has 0 spiro atoms. The van der Waals surface area contributed by atoms with E-state index in [1.807, 2.05) is 13.8 Å². The monoisotopic (exact) mass is 496 g/mol. The average Bonchev–Trinajstić information content (AvgIpc) is 2.79. The van der Waals surface area contributed by atoms with Gasteiger partial charge in [-0.3, -0.25) is 4.79 Å². The van der Waals surface area contributed by atoms with E-state index in [-0.39, 0.29) is 29.4 Å². The van der Waals surface area contributed by atoms with E-state index in [0.29, 0.717) is 24.3 Å². The fourth-order valence-corrected chi connectivity index (χ4v) is 6.54. The van der Waals surface area contributed by atoms with E-state index in [0.717, 1.165) is 30.7 Å². The van der Waals surface area contributed by atoms with Crippen LogP contribution in [-0.2, 0) is 21.0 Å². The zero-order valence-electron chi connectivity index (χ0n) is 18.9. The minimum atomic E-state index is -4.55. The number of amides is 1. The van der Waals surface area contributed by atoms with Crippen molar-refractivity contribution in [2.24, 2.45) is 11.8 Å². The van der Waals surface area contributed by atoms with Gasteiger partial charge in [0.1, 0.15) is 5.75 Å². The van der Waals surface area contributed by atoms with Gasteiger partial charge in [0.2, 0.25) is 15.9 Å². The topological polar surface area (TPSA) is 75.7 Å². The first kappa shape index (κ1) is 24.5. The summed E-state index contributed by atoms with van der Waals surface area (Å²) in [4.78, 5) is 12.9. The van der Waals surface area contributed by atoms with E-state index in [2.05, 4.69) is 5.32 Å². The number of nitrogens with one attached hydrogen (secondary N) is 1. The molecule has 6 nitrogen and oxygen atoms in total. The lowest BCUT2D eigenvalue weighted by Crippen LogP contribution is -2.57. The maximum absolute atomic E-state index is 13.3. The SMILES string of the molecule is CC(C)Oc1ccc(NC(=O)[C@@H]2C[C@@H]3CC[C@@H]2N(S(=O)(=O)c2ccc(C(F)(F)F)cc2)C3)cc1. The summed E-state index contributed by atoms with van der Waals surface area (Å²) in [6, 6.07) is 9.93. The van der Waals surface area contributed by atoms with E-state index in [1.54, 1.807) is 24.3 Å². The van der Waals surface area contributed by atoms with Crippen LogP contribution in [-0.4, -0.2) is 37.3 Å². The van der Waals surface area contributed by atoms with E-state index in [9.17, 15) is 26.4 Å². The van der Waals surface area contributed by atoms with Crippen molar-refractivity contribution in [2.75, 3.05) is 11.9 Å². The summed E-state index contributed by atoms with van der Waals surface area (Å²) in [6.07, 6.45) is -2.60. The van der Waals surface area contributed by atoms with Gasteiger partial charge in [0.25, 0.3) is 0 Å². The fraction of sp³-hybridized carbons (Fsp3) is 0.458. The summed E-state index contributed by atoms with van der Waals surface area (Å²) >= 11 is 0. The molecule has 10 heteroatoms. The van der Waals surface area contributed by atoms with Crippen molar-refractivity contribution in [3.8, 4) is 5.75 Å². The predicted octanol–water partition coefficient (Wildman–Crippen LogP) is 4.92. The largest absolute Gasteiger partial charge is 0.491 e. The number of carbonyl (C=O) groups is 1. The number of ether oxygens (including phenoxy) is 1. The molecule has 184 valence electrons. The number of sulfonamides is 1. The molecule has 34 heavy (non-hydrogen) atoms. The predicted molar refractivity (Wildman–Crippen MR) is 121 cm³/mol. The van der Waals surface area contributed by atoms with Crippen molar-refractivity contribution in [1.29, 1.82) is 0 Å². The van der Waals surface area contributed by atoms with Gasteiger partial charge in [0.05, 0.1) is 22.5 Å². The number of fused-ring (bicyclic) bond motifs is 3. The van der Waals surface area contributed by atoms with Crippen LogP contribution in [0.5, 0.6) is 5.75 Å². The third-order valence-corrected chi connectivity index (χ3v) is 8.25. The summed E-state index contributed by atoms with van der Waals surface area (Å²) in [5.41, 5.74) is -0.326. The molecule has 5 rings (SSSR count). The van der Waals surface area contributed by atoms with Crippen LogP contribution in [0.1, 0.15) is 38.7 Å². The van der Waals surface area contributed by atoms with Crippen LogP contribution in [0.15, 0.2) is 53.4 Å². The maximum atomic E-state index is 13.3. The Bertz CT molecular complexity index is 1130. The second-order valence-electron chi connectivity index (χ2n) is 9.13. The van der Waals surface area contributed by atoms with Gasteiger partial charge in [-0.05, 0) is 87.6 Å². The zero-order valence-corrected chi connectivity index (χ0v) is 19.7. The minimum absolute atomic E-state index is 0.0202. The van der Waals surface area contributed by atoms with Crippen LogP contribution in [0, 0.1) is 11.8 Å². The summed E-state index contributed by atoms with van der Waals surface area (Å²) in [6.45, 7) is 4.09. The molecule has 3 aliphatic rings. The first-order valence-electron chi connectivity index (χ1n) is 11.2. The lowest BCUT2D eigenvalue weighted by molar-refractivity contribution is -0.137. The second kappa shape index (κ2) is 9.22. The van der Waals surface area contributed by atoms with Crippen molar-refractivity contribution in [3.63, 3.8) is 0 Å². The van der Waals surface area contributed by atoms with Gasteiger partial charge in [-0.25, -0.2) is 8.42 Å². The fourth-order valence-electron chi connectivity index (χ4n) is 4.78. The number of piperidine rings is 2. The van der Waals surface area contributed by atoms with Gasteiger partial charge in [-0.15, -0.1) is 0 Å². The van der Waals surface area contributed by atoms with Gasteiger partial charge in [0.15, 0.2) is 0 Å². The number of nitrogens with zero attached hydrogens (tertiary/aromatic N) is 1. The quantitative estimate of drug-likeness (QED) is 0.616. The number of benzene rings is 2. The van der Waals surface area contributed by atoms with Crippen molar-refractivity contribution >= 4 is 21.6 Å². The molecule has 2 aromatic rings. The molecule has 2 aromatic carbocycles. The van der Waals surface area contributed by atoms with Crippen LogP contribution in [0.25, 0.3) is 0 Å². The first-order valence-corrected chi connectivity index (χ1v) is 12.7. The number of carbonyl (C=O) groups excluding carboxylic acids is 1. The molecule has 1 saturated carbocycles. The Morgan fingerprint density at radius 1 is 1.06 bits per heavy atom. The van der Waals surface area contributed by atoms with E-state index in [1.165, 1.54) is 4.31 Å². The van der Waals surface area contributed by atoms with Crippen molar-refractivity contribution in [1.82, 2.24) is 4.31 Å². The molecule has 2 saturated heterocycles. The minimum Gasteiger partial charge on any atom is -0.491 e.